The van der Waals surface area contributed by atoms with Gasteiger partial charge in [-0.2, -0.15) is 0 Å². The maximum absolute atomic E-state index is 11.4. The smallest absolute Gasteiger partial charge is 0.0834 e. The molecule has 2 aliphatic carbocycles. The third kappa shape index (κ3) is 3.11. The van der Waals surface area contributed by atoms with Crippen LogP contribution in [0.2, 0.25) is 0 Å². The number of fused-ring (bicyclic) bond motifs is 2. The quantitative estimate of drug-likeness (QED) is 0.849. The van der Waals surface area contributed by atoms with E-state index in [1.54, 1.807) is 0 Å². The number of nitrogens with zero attached hydrogens (tertiary/aromatic N) is 2. The number of benzene rings is 1. The zero-order valence-corrected chi connectivity index (χ0v) is 16.5. The molecule has 1 aliphatic heterocycles. The summed E-state index contributed by atoms with van der Waals surface area (Å²) in [4.78, 5) is 4.95. The van der Waals surface area contributed by atoms with Gasteiger partial charge in [0, 0.05) is 24.5 Å². The van der Waals surface area contributed by atoms with Crippen LogP contribution in [0, 0.1) is 0 Å². The van der Waals surface area contributed by atoms with Crippen molar-refractivity contribution in [2.75, 3.05) is 40.3 Å². The Balaban J connectivity index is 1.50. The predicted octanol–water partition coefficient (Wildman–Crippen LogP) is 2.53. The van der Waals surface area contributed by atoms with Gasteiger partial charge in [0.2, 0.25) is 0 Å². The van der Waals surface area contributed by atoms with Crippen LogP contribution in [0.25, 0.3) is 0 Å². The third-order valence-corrected chi connectivity index (χ3v) is 7.41. The second-order valence-electron chi connectivity index (χ2n) is 8.78. The molecule has 0 bridgehead atoms. The Morgan fingerprint density at radius 3 is 2.42 bits per heavy atom. The minimum absolute atomic E-state index is 0.0574. The summed E-state index contributed by atoms with van der Waals surface area (Å²) in [6.45, 7) is 4.11. The Kier molecular flexibility index (Phi) is 5.38. The van der Waals surface area contributed by atoms with E-state index in [1.165, 1.54) is 36.8 Å². The number of rotatable bonds is 5. The molecule has 1 aromatic rings. The lowest BCUT2D eigenvalue weighted by Crippen LogP contribution is -2.48. The normalized spacial score (nSPS) is 28.3. The standard InChI is InChI=1S/C22H35N3O/c1-24(17-7-3-4-8-17)15-16-25(2)20-18-9-5-6-10-19(18)22(21(20)26)11-13-23-14-12-22/h5-6,9-10,17,20-21,23,26H,3-4,7-8,11-16H2,1-2H3/t20-,21+/m1/s1. The van der Waals surface area contributed by atoms with Crippen molar-refractivity contribution in [2.24, 2.45) is 0 Å². The third-order valence-electron chi connectivity index (χ3n) is 7.41. The summed E-state index contributed by atoms with van der Waals surface area (Å²) in [5.74, 6) is 0. The molecule has 0 radical (unpaired) electrons. The zero-order chi connectivity index (χ0) is 18.1. The van der Waals surface area contributed by atoms with Gasteiger partial charge in [0.25, 0.3) is 0 Å². The molecule has 1 spiro atoms. The molecule has 2 atom stereocenters. The number of hydrogen-bond acceptors (Lipinski definition) is 4. The lowest BCUT2D eigenvalue weighted by Gasteiger charge is -2.40. The van der Waals surface area contributed by atoms with Crippen LogP contribution in [0.5, 0.6) is 0 Å². The van der Waals surface area contributed by atoms with Gasteiger partial charge in [-0.25, -0.2) is 0 Å². The van der Waals surface area contributed by atoms with Crippen LogP contribution in [-0.4, -0.2) is 67.3 Å². The van der Waals surface area contributed by atoms with E-state index in [1.807, 2.05) is 0 Å². The van der Waals surface area contributed by atoms with E-state index in [4.69, 9.17) is 0 Å². The molecule has 0 amide bonds. The molecule has 1 saturated heterocycles. The van der Waals surface area contributed by atoms with Crippen molar-refractivity contribution in [2.45, 2.75) is 62.1 Å². The minimum Gasteiger partial charge on any atom is -0.390 e. The van der Waals surface area contributed by atoms with Gasteiger partial charge in [0.05, 0.1) is 12.1 Å². The highest BCUT2D eigenvalue weighted by Crippen LogP contribution is 2.51. The summed E-state index contributed by atoms with van der Waals surface area (Å²) in [5.41, 5.74) is 2.70. The van der Waals surface area contributed by atoms with E-state index in [-0.39, 0.29) is 17.6 Å². The molecular formula is C22H35N3O. The summed E-state index contributed by atoms with van der Waals surface area (Å²) in [6, 6.07) is 9.68. The fraction of sp³-hybridized carbons (Fsp3) is 0.727. The summed E-state index contributed by atoms with van der Waals surface area (Å²) < 4.78 is 0. The highest BCUT2D eigenvalue weighted by atomic mass is 16.3. The van der Waals surface area contributed by atoms with Crippen molar-refractivity contribution in [3.8, 4) is 0 Å². The Morgan fingerprint density at radius 2 is 1.69 bits per heavy atom. The Hall–Kier alpha value is -0.940. The average molecular weight is 358 g/mol. The summed E-state index contributed by atoms with van der Waals surface area (Å²) >= 11 is 0. The molecule has 0 aromatic heterocycles. The highest BCUT2D eigenvalue weighted by Gasteiger charge is 2.52. The molecule has 2 N–H and O–H groups in total. The fourth-order valence-electron chi connectivity index (χ4n) is 5.74. The van der Waals surface area contributed by atoms with E-state index < -0.39 is 0 Å². The molecule has 3 aliphatic rings. The summed E-state index contributed by atoms with van der Waals surface area (Å²) in [5, 5.41) is 14.9. The van der Waals surface area contributed by atoms with Gasteiger partial charge < -0.3 is 15.3 Å². The Labute approximate surface area is 158 Å². The zero-order valence-electron chi connectivity index (χ0n) is 16.5. The number of likely N-dealkylation sites (N-methyl/N-ethyl adjacent to an activating group) is 2. The second-order valence-corrected chi connectivity index (χ2v) is 8.78. The summed E-state index contributed by atoms with van der Waals surface area (Å²) in [6.07, 6.45) is 7.25. The maximum Gasteiger partial charge on any atom is 0.0834 e. The number of aliphatic hydroxyl groups excluding tert-OH is 1. The molecule has 2 fully saturated rings. The minimum atomic E-state index is -0.302. The van der Waals surface area contributed by atoms with Crippen molar-refractivity contribution >= 4 is 0 Å². The van der Waals surface area contributed by atoms with Gasteiger partial charge in [-0.3, -0.25) is 4.90 Å². The lowest BCUT2D eigenvalue weighted by molar-refractivity contribution is 0.00397. The first-order valence-corrected chi connectivity index (χ1v) is 10.5. The van der Waals surface area contributed by atoms with Crippen LogP contribution in [0.15, 0.2) is 24.3 Å². The first kappa shape index (κ1) is 18.4. The van der Waals surface area contributed by atoms with Crippen molar-refractivity contribution in [3.05, 3.63) is 35.4 Å². The van der Waals surface area contributed by atoms with Crippen molar-refractivity contribution in [1.82, 2.24) is 15.1 Å². The van der Waals surface area contributed by atoms with Gasteiger partial charge in [0.15, 0.2) is 0 Å². The van der Waals surface area contributed by atoms with Crippen LogP contribution in [0.4, 0.5) is 0 Å². The number of nitrogens with one attached hydrogen (secondary N) is 1. The van der Waals surface area contributed by atoms with E-state index in [0.717, 1.165) is 45.1 Å². The van der Waals surface area contributed by atoms with E-state index >= 15 is 0 Å². The highest BCUT2D eigenvalue weighted by molar-refractivity contribution is 5.45. The SMILES string of the molecule is CN(CCN(C)[C@@H]1c2ccccc2C2(CCNCC2)[C@H]1O)C1CCCC1. The number of hydrogen-bond donors (Lipinski definition) is 2. The topological polar surface area (TPSA) is 38.7 Å². The van der Waals surface area contributed by atoms with Crippen LogP contribution >= 0.6 is 0 Å². The van der Waals surface area contributed by atoms with Gasteiger partial charge in [-0.1, -0.05) is 37.1 Å². The first-order chi connectivity index (χ1) is 12.6. The van der Waals surface area contributed by atoms with E-state index in [0.29, 0.717) is 0 Å². The predicted molar refractivity (Wildman–Crippen MR) is 106 cm³/mol. The molecule has 1 aromatic carbocycles. The van der Waals surface area contributed by atoms with Crippen LogP contribution in [-0.2, 0) is 5.41 Å². The van der Waals surface area contributed by atoms with Gasteiger partial charge >= 0.3 is 0 Å². The van der Waals surface area contributed by atoms with Crippen molar-refractivity contribution in [3.63, 3.8) is 0 Å². The Morgan fingerprint density at radius 1 is 1.04 bits per heavy atom. The average Bonchev–Trinajstić information content (AvgIpc) is 3.28. The van der Waals surface area contributed by atoms with Crippen molar-refractivity contribution < 1.29 is 5.11 Å². The molecule has 4 heteroatoms. The molecule has 1 saturated carbocycles. The second kappa shape index (κ2) is 7.59. The molecule has 144 valence electrons. The number of piperidine rings is 1. The van der Waals surface area contributed by atoms with Crippen LogP contribution in [0.3, 0.4) is 0 Å². The molecule has 26 heavy (non-hydrogen) atoms. The maximum atomic E-state index is 11.4. The van der Waals surface area contributed by atoms with E-state index in [9.17, 15) is 5.11 Å². The summed E-state index contributed by atoms with van der Waals surface area (Å²) in [7, 11) is 4.48. The molecule has 1 heterocycles. The fourth-order valence-corrected chi connectivity index (χ4v) is 5.74. The van der Waals surface area contributed by atoms with Crippen LogP contribution in [0.1, 0.15) is 55.7 Å². The van der Waals surface area contributed by atoms with Crippen molar-refractivity contribution in [1.29, 1.82) is 0 Å². The van der Waals surface area contributed by atoms with Gasteiger partial charge in [-0.05, 0) is 64.0 Å². The monoisotopic (exact) mass is 357 g/mol. The Bertz CT molecular complexity index is 607. The largest absolute Gasteiger partial charge is 0.390 e. The van der Waals surface area contributed by atoms with Gasteiger partial charge in [-0.15, -0.1) is 0 Å². The molecular weight excluding hydrogens is 322 g/mol. The van der Waals surface area contributed by atoms with E-state index in [2.05, 4.69) is 53.5 Å². The molecule has 4 rings (SSSR count). The van der Waals surface area contributed by atoms with Gasteiger partial charge in [0.1, 0.15) is 0 Å². The lowest BCUT2D eigenvalue weighted by atomic mass is 9.72. The number of aliphatic hydroxyl groups is 1. The first-order valence-electron chi connectivity index (χ1n) is 10.5. The molecule has 0 unspecified atom stereocenters. The molecule has 4 nitrogen and oxygen atoms in total. The van der Waals surface area contributed by atoms with Crippen LogP contribution < -0.4 is 5.32 Å².